The van der Waals surface area contributed by atoms with Gasteiger partial charge in [0.2, 0.25) is 0 Å². The van der Waals surface area contributed by atoms with Gasteiger partial charge in [0.25, 0.3) is 0 Å². The highest BCUT2D eigenvalue weighted by Crippen LogP contribution is 2.10. The molecule has 0 saturated carbocycles. The van der Waals surface area contributed by atoms with Crippen molar-refractivity contribution in [2.24, 2.45) is 0 Å². The Morgan fingerprint density at radius 2 is 1.34 bits per heavy atom. The molecule has 1 unspecified atom stereocenters. The summed E-state index contributed by atoms with van der Waals surface area (Å²) in [5.41, 5.74) is 0. The van der Waals surface area contributed by atoms with Crippen molar-refractivity contribution in [1.29, 1.82) is 0 Å². The molecule has 0 aromatic rings. The number of aliphatic carboxylic acids is 1. The molecule has 8 heteroatoms. The van der Waals surface area contributed by atoms with Crippen LogP contribution < -0.4 is 0 Å². The molecule has 0 aromatic heterocycles. The highest BCUT2D eigenvalue weighted by Gasteiger charge is 2.16. The number of hydrogen-bond donors (Lipinski definition) is 4. The first kappa shape index (κ1) is 28.1. The molecule has 0 spiro atoms. The molecule has 0 aliphatic rings. The Kier molecular flexibility index (Phi) is 21.1. The standard InChI is InChI=1S/C21H41BO7/c23-18-20(24)19-29-22(27)28-17-15-13-11-9-7-5-3-1-2-4-6-8-10-12-14-16-21(25)26/h1-2,20,23-24,27H,3-19H2,(H,25,26). The number of aliphatic hydroxyl groups is 2. The molecule has 0 bridgehead atoms. The molecule has 7 nitrogen and oxygen atoms in total. The number of unbranched alkanes of at least 4 members (excludes halogenated alkanes) is 11. The topological polar surface area (TPSA) is 116 Å². The van der Waals surface area contributed by atoms with Crippen molar-refractivity contribution in [1.82, 2.24) is 0 Å². The monoisotopic (exact) mass is 416 g/mol. The maximum atomic E-state index is 10.4. The van der Waals surface area contributed by atoms with Crippen molar-refractivity contribution >= 4 is 13.3 Å². The predicted octanol–water partition coefficient (Wildman–Crippen LogP) is 3.45. The lowest BCUT2D eigenvalue weighted by molar-refractivity contribution is -0.137. The maximum absolute atomic E-state index is 10.4. The van der Waals surface area contributed by atoms with E-state index in [1.54, 1.807) is 0 Å². The van der Waals surface area contributed by atoms with Gasteiger partial charge in [0, 0.05) is 13.0 Å². The minimum Gasteiger partial charge on any atom is -0.481 e. The van der Waals surface area contributed by atoms with E-state index in [0.717, 1.165) is 51.4 Å². The molecule has 0 rings (SSSR count). The molecule has 170 valence electrons. The van der Waals surface area contributed by atoms with E-state index in [1.807, 2.05) is 0 Å². The number of carbonyl (C=O) groups is 1. The van der Waals surface area contributed by atoms with Gasteiger partial charge in [0.15, 0.2) is 0 Å². The number of aliphatic hydroxyl groups excluding tert-OH is 2. The van der Waals surface area contributed by atoms with E-state index in [4.69, 9.17) is 24.6 Å². The Bertz CT molecular complexity index is 393. The van der Waals surface area contributed by atoms with Crippen LogP contribution in [-0.4, -0.2) is 59.6 Å². The molecular formula is C21H41BO7. The first-order chi connectivity index (χ1) is 14.1. The molecule has 0 aliphatic carbocycles. The first-order valence-electron chi connectivity index (χ1n) is 11.1. The zero-order chi connectivity index (χ0) is 21.6. The summed E-state index contributed by atoms with van der Waals surface area (Å²) in [7, 11) is -1.35. The zero-order valence-corrected chi connectivity index (χ0v) is 17.8. The van der Waals surface area contributed by atoms with E-state index < -0.39 is 26.0 Å². The van der Waals surface area contributed by atoms with Crippen molar-refractivity contribution in [2.45, 2.75) is 96.0 Å². The van der Waals surface area contributed by atoms with Crippen molar-refractivity contribution in [3.63, 3.8) is 0 Å². The second-order valence-corrected chi connectivity index (χ2v) is 7.43. The third-order valence-electron chi connectivity index (χ3n) is 4.60. The largest absolute Gasteiger partial charge is 0.636 e. The summed E-state index contributed by atoms with van der Waals surface area (Å²) < 4.78 is 9.90. The van der Waals surface area contributed by atoms with Crippen LogP contribution in [0.25, 0.3) is 0 Å². The maximum Gasteiger partial charge on any atom is 0.636 e. The van der Waals surface area contributed by atoms with Gasteiger partial charge in [-0.3, -0.25) is 4.79 Å². The molecule has 0 saturated heterocycles. The number of rotatable bonds is 22. The summed E-state index contributed by atoms with van der Waals surface area (Å²) in [4.78, 5) is 10.4. The summed E-state index contributed by atoms with van der Waals surface area (Å²) in [5.74, 6) is -0.694. The van der Waals surface area contributed by atoms with Crippen molar-refractivity contribution in [3.05, 3.63) is 12.2 Å². The molecule has 0 fully saturated rings. The van der Waals surface area contributed by atoms with Crippen LogP contribution in [-0.2, 0) is 14.1 Å². The second-order valence-electron chi connectivity index (χ2n) is 7.43. The lowest BCUT2D eigenvalue weighted by Crippen LogP contribution is -2.29. The molecule has 0 aliphatic heterocycles. The lowest BCUT2D eigenvalue weighted by atomic mass is 10.1. The summed E-state index contributed by atoms with van der Waals surface area (Å²) in [6.07, 6.45) is 18.1. The van der Waals surface area contributed by atoms with E-state index >= 15 is 0 Å². The normalized spacial score (nSPS) is 12.5. The summed E-state index contributed by atoms with van der Waals surface area (Å²) >= 11 is 0. The Morgan fingerprint density at radius 3 is 1.90 bits per heavy atom. The van der Waals surface area contributed by atoms with Crippen LogP contribution in [0, 0.1) is 0 Å². The molecule has 0 aromatic carbocycles. The van der Waals surface area contributed by atoms with E-state index in [1.165, 1.54) is 32.1 Å². The van der Waals surface area contributed by atoms with Gasteiger partial charge < -0.3 is 29.7 Å². The smallest absolute Gasteiger partial charge is 0.481 e. The van der Waals surface area contributed by atoms with Gasteiger partial charge in [-0.2, -0.15) is 0 Å². The number of hydrogen-bond acceptors (Lipinski definition) is 6. The third kappa shape index (κ3) is 23.2. The Balaban J connectivity index is 3.21. The van der Waals surface area contributed by atoms with E-state index in [9.17, 15) is 9.82 Å². The van der Waals surface area contributed by atoms with Gasteiger partial charge in [0.05, 0.1) is 19.3 Å². The minimum absolute atomic E-state index is 0.152. The van der Waals surface area contributed by atoms with Gasteiger partial charge in [0.1, 0.15) is 0 Å². The summed E-state index contributed by atoms with van der Waals surface area (Å²) in [5, 5.41) is 35.6. The van der Waals surface area contributed by atoms with Crippen molar-refractivity contribution in [2.75, 3.05) is 19.8 Å². The molecule has 1 atom stereocenters. The van der Waals surface area contributed by atoms with E-state index in [0.29, 0.717) is 13.0 Å². The van der Waals surface area contributed by atoms with Crippen LogP contribution >= 0.6 is 0 Å². The van der Waals surface area contributed by atoms with Gasteiger partial charge in [-0.05, 0) is 38.5 Å². The summed E-state index contributed by atoms with van der Waals surface area (Å²) in [6, 6.07) is 0. The average Bonchev–Trinajstić information content (AvgIpc) is 2.70. The van der Waals surface area contributed by atoms with Crippen LogP contribution in [0.15, 0.2) is 12.2 Å². The number of carboxylic acids is 1. The van der Waals surface area contributed by atoms with Gasteiger partial charge in [-0.25, -0.2) is 0 Å². The Labute approximate surface area is 176 Å². The molecular weight excluding hydrogens is 375 g/mol. The van der Waals surface area contributed by atoms with Crippen LogP contribution in [0.1, 0.15) is 89.9 Å². The fourth-order valence-corrected chi connectivity index (χ4v) is 2.85. The van der Waals surface area contributed by atoms with E-state index in [-0.39, 0.29) is 6.61 Å². The number of carboxylic acid groups (broad SMARTS) is 1. The quantitative estimate of drug-likeness (QED) is 0.121. The molecule has 0 radical (unpaired) electrons. The Morgan fingerprint density at radius 1 is 0.828 bits per heavy atom. The van der Waals surface area contributed by atoms with Crippen LogP contribution in [0.4, 0.5) is 0 Å². The van der Waals surface area contributed by atoms with Crippen molar-refractivity contribution in [3.8, 4) is 0 Å². The van der Waals surface area contributed by atoms with Crippen LogP contribution in [0.5, 0.6) is 0 Å². The highest BCUT2D eigenvalue weighted by atomic mass is 16.7. The molecule has 0 amide bonds. The van der Waals surface area contributed by atoms with Crippen LogP contribution in [0.3, 0.4) is 0 Å². The first-order valence-corrected chi connectivity index (χ1v) is 11.1. The van der Waals surface area contributed by atoms with Gasteiger partial charge in [-0.1, -0.05) is 57.1 Å². The predicted molar refractivity (Wildman–Crippen MR) is 114 cm³/mol. The highest BCUT2D eigenvalue weighted by molar-refractivity contribution is 6.34. The zero-order valence-electron chi connectivity index (χ0n) is 17.8. The Hall–Kier alpha value is -0.925. The summed E-state index contributed by atoms with van der Waals surface area (Å²) in [6.45, 7) is -0.139. The molecule has 29 heavy (non-hydrogen) atoms. The van der Waals surface area contributed by atoms with Gasteiger partial charge in [-0.15, -0.1) is 0 Å². The second kappa shape index (κ2) is 21.8. The molecule has 0 heterocycles. The fourth-order valence-electron chi connectivity index (χ4n) is 2.85. The lowest BCUT2D eigenvalue weighted by Gasteiger charge is -2.11. The van der Waals surface area contributed by atoms with Crippen LogP contribution in [0.2, 0.25) is 0 Å². The van der Waals surface area contributed by atoms with E-state index in [2.05, 4.69) is 12.2 Å². The minimum atomic E-state index is -1.35. The number of allylic oxidation sites excluding steroid dienone is 2. The average molecular weight is 416 g/mol. The van der Waals surface area contributed by atoms with Crippen molar-refractivity contribution < 1.29 is 34.4 Å². The molecule has 4 N–H and O–H groups in total. The third-order valence-corrected chi connectivity index (χ3v) is 4.60. The van der Waals surface area contributed by atoms with Gasteiger partial charge >= 0.3 is 13.3 Å². The SMILES string of the molecule is O=C(O)CCCCCCCC=CCCCCCCCCOB(O)OCC(O)CO. The fraction of sp³-hybridized carbons (Fsp3) is 0.857.